The normalized spacial score (nSPS) is 23.0. The summed E-state index contributed by atoms with van der Waals surface area (Å²) < 4.78 is 17.8. The van der Waals surface area contributed by atoms with Crippen molar-refractivity contribution in [1.29, 1.82) is 0 Å². The number of hydrogen-bond acceptors (Lipinski definition) is 3. The van der Waals surface area contributed by atoms with Gasteiger partial charge in [0.05, 0.1) is 18.4 Å². The first-order chi connectivity index (χ1) is 10.1. The van der Waals surface area contributed by atoms with Crippen LogP contribution in [0.2, 0.25) is 0 Å². The number of benzene rings is 1. The predicted molar refractivity (Wildman–Crippen MR) is 74.0 cm³/mol. The molecule has 2 aliphatic rings. The van der Waals surface area contributed by atoms with Gasteiger partial charge >= 0.3 is 5.97 Å². The average molecular weight is 291 g/mol. The Morgan fingerprint density at radius 1 is 1.29 bits per heavy atom. The summed E-state index contributed by atoms with van der Waals surface area (Å²) in [5.41, 5.74) is 0.369. The number of carbonyl (C=O) groups is 2. The van der Waals surface area contributed by atoms with Crippen molar-refractivity contribution >= 4 is 11.9 Å². The molecule has 112 valence electrons. The van der Waals surface area contributed by atoms with E-state index in [0.29, 0.717) is 19.5 Å². The molecule has 0 radical (unpaired) electrons. The lowest BCUT2D eigenvalue weighted by atomic mass is 9.94. The smallest absolute Gasteiger partial charge is 0.310 e. The summed E-state index contributed by atoms with van der Waals surface area (Å²) in [6.07, 6.45) is 2.23. The minimum atomic E-state index is -0.501. The number of ether oxygens (including phenoxy) is 1. The highest BCUT2D eigenvalue weighted by Crippen LogP contribution is 2.50. The molecule has 1 atom stereocenters. The van der Waals surface area contributed by atoms with Gasteiger partial charge in [-0.3, -0.25) is 9.59 Å². The van der Waals surface area contributed by atoms with Crippen molar-refractivity contribution in [3.05, 3.63) is 35.6 Å². The molecular formula is C16H18FNO3. The topological polar surface area (TPSA) is 46.6 Å². The number of halogens is 1. The van der Waals surface area contributed by atoms with Crippen LogP contribution in [0.25, 0.3) is 0 Å². The minimum absolute atomic E-state index is 0.0560. The van der Waals surface area contributed by atoms with Gasteiger partial charge in [-0.2, -0.15) is 0 Å². The van der Waals surface area contributed by atoms with Crippen LogP contribution >= 0.6 is 0 Å². The van der Waals surface area contributed by atoms with E-state index in [0.717, 1.165) is 18.4 Å². The molecule has 1 aliphatic heterocycles. The van der Waals surface area contributed by atoms with Crippen LogP contribution in [0.4, 0.5) is 4.39 Å². The molecule has 1 amide bonds. The largest absolute Gasteiger partial charge is 0.469 e. The number of likely N-dealkylation sites (tertiary alicyclic amines) is 1. The maximum absolute atomic E-state index is 13.0. The van der Waals surface area contributed by atoms with E-state index < -0.39 is 5.41 Å². The third-order valence-electron chi connectivity index (χ3n) is 4.57. The molecule has 0 aromatic heterocycles. The molecule has 2 fully saturated rings. The zero-order chi connectivity index (χ0) is 15.0. The highest BCUT2D eigenvalue weighted by molar-refractivity contribution is 5.92. The molecule has 5 heteroatoms. The Kier molecular flexibility index (Phi) is 3.43. The maximum Gasteiger partial charge on any atom is 0.310 e. The fourth-order valence-electron chi connectivity index (χ4n) is 3.13. The molecule has 3 rings (SSSR count). The Bertz CT molecular complexity index is 565. The van der Waals surface area contributed by atoms with Crippen molar-refractivity contribution in [3.8, 4) is 0 Å². The van der Waals surface area contributed by atoms with Gasteiger partial charge in [-0.15, -0.1) is 0 Å². The second-order valence-electron chi connectivity index (χ2n) is 5.85. The standard InChI is InChI=1S/C16H18FNO3/c1-21-14(19)11-6-9-18(10-11)15(20)16(7-8-16)12-2-4-13(17)5-3-12/h2-5,11H,6-10H2,1H3. The molecule has 0 bridgehead atoms. The Labute approximate surface area is 122 Å². The first kappa shape index (κ1) is 14.0. The summed E-state index contributed by atoms with van der Waals surface area (Å²) in [6.45, 7) is 1.01. The third-order valence-corrected chi connectivity index (χ3v) is 4.57. The summed E-state index contributed by atoms with van der Waals surface area (Å²) in [4.78, 5) is 26.1. The first-order valence-electron chi connectivity index (χ1n) is 7.20. The van der Waals surface area contributed by atoms with Crippen LogP contribution in [0.3, 0.4) is 0 Å². The molecule has 1 aliphatic carbocycles. The third kappa shape index (κ3) is 2.41. The zero-order valence-corrected chi connectivity index (χ0v) is 12.0. The van der Waals surface area contributed by atoms with Gasteiger partial charge in [0.25, 0.3) is 0 Å². The molecule has 1 saturated heterocycles. The van der Waals surface area contributed by atoms with E-state index in [2.05, 4.69) is 0 Å². The second-order valence-corrected chi connectivity index (χ2v) is 5.85. The minimum Gasteiger partial charge on any atom is -0.469 e. The van der Waals surface area contributed by atoms with Crippen molar-refractivity contribution in [2.75, 3.05) is 20.2 Å². The molecule has 1 saturated carbocycles. The van der Waals surface area contributed by atoms with E-state index in [4.69, 9.17) is 4.74 Å². The van der Waals surface area contributed by atoms with Crippen molar-refractivity contribution < 1.29 is 18.7 Å². The van der Waals surface area contributed by atoms with Crippen molar-refractivity contribution in [2.45, 2.75) is 24.7 Å². The number of esters is 1. The maximum atomic E-state index is 13.0. The Balaban J connectivity index is 1.74. The van der Waals surface area contributed by atoms with Crippen molar-refractivity contribution in [3.63, 3.8) is 0 Å². The Hall–Kier alpha value is -1.91. The van der Waals surface area contributed by atoms with Crippen LogP contribution in [0.1, 0.15) is 24.8 Å². The average Bonchev–Trinajstić information content (AvgIpc) is 3.16. The quantitative estimate of drug-likeness (QED) is 0.799. The SMILES string of the molecule is COC(=O)C1CCN(C(=O)C2(c3ccc(F)cc3)CC2)C1. The monoisotopic (exact) mass is 291 g/mol. The van der Waals surface area contributed by atoms with Crippen LogP contribution in [-0.2, 0) is 19.7 Å². The summed E-state index contributed by atoms with van der Waals surface area (Å²) in [5.74, 6) is -0.714. The van der Waals surface area contributed by atoms with Gasteiger partial charge in [0, 0.05) is 13.1 Å². The fraction of sp³-hybridized carbons (Fsp3) is 0.500. The molecular weight excluding hydrogens is 273 g/mol. The van der Waals surface area contributed by atoms with Crippen LogP contribution in [-0.4, -0.2) is 37.0 Å². The Morgan fingerprint density at radius 3 is 2.52 bits per heavy atom. The number of carbonyl (C=O) groups excluding carboxylic acids is 2. The zero-order valence-electron chi connectivity index (χ0n) is 12.0. The van der Waals surface area contributed by atoms with Gasteiger partial charge in [0.2, 0.25) is 5.91 Å². The summed E-state index contributed by atoms with van der Waals surface area (Å²) in [5, 5.41) is 0. The molecule has 1 aromatic carbocycles. The lowest BCUT2D eigenvalue weighted by molar-refractivity contribution is -0.145. The van der Waals surface area contributed by atoms with Gasteiger partial charge in [0.15, 0.2) is 0 Å². The van der Waals surface area contributed by atoms with Gasteiger partial charge in [-0.1, -0.05) is 12.1 Å². The highest BCUT2D eigenvalue weighted by Gasteiger charge is 2.54. The Morgan fingerprint density at radius 2 is 1.95 bits per heavy atom. The number of amides is 1. The first-order valence-corrected chi connectivity index (χ1v) is 7.20. The van der Waals surface area contributed by atoms with E-state index in [9.17, 15) is 14.0 Å². The summed E-state index contributed by atoms with van der Waals surface area (Å²) >= 11 is 0. The van der Waals surface area contributed by atoms with Gasteiger partial charge < -0.3 is 9.64 Å². The fourth-order valence-corrected chi connectivity index (χ4v) is 3.13. The molecule has 1 unspecified atom stereocenters. The van der Waals surface area contributed by atoms with Crippen molar-refractivity contribution in [1.82, 2.24) is 4.90 Å². The molecule has 1 heterocycles. The van der Waals surface area contributed by atoms with Crippen molar-refractivity contribution in [2.24, 2.45) is 5.92 Å². The second kappa shape index (κ2) is 5.13. The summed E-state index contributed by atoms with van der Waals surface area (Å²) in [7, 11) is 1.37. The predicted octanol–water partition coefficient (Wildman–Crippen LogP) is 1.88. The number of methoxy groups -OCH3 is 1. The molecule has 1 aromatic rings. The van der Waals surface area contributed by atoms with Crippen LogP contribution in [0, 0.1) is 11.7 Å². The van der Waals surface area contributed by atoms with Gasteiger partial charge in [-0.05, 0) is 37.0 Å². The van der Waals surface area contributed by atoms with Gasteiger partial charge in [-0.25, -0.2) is 4.39 Å². The van der Waals surface area contributed by atoms with Crippen LogP contribution in [0.15, 0.2) is 24.3 Å². The van der Waals surface area contributed by atoms with E-state index in [1.165, 1.54) is 19.2 Å². The van der Waals surface area contributed by atoms with E-state index >= 15 is 0 Å². The lowest BCUT2D eigenvalue weighted by Crippen LogP contribution is -2.38. The van der Waals surface area contributed by atoms with E-state index in [-0.39, 0.29) is 23.6 Å². The highest BCUT2D eigenvalue weighted by atomic mass is 19.1. The number of nitrogens with zero attached hydrogens (tertiary/aromatic N) is 1. The van der Waals surface area contributed by atoms with Crippen LogP contribution < -0.4 is 0 Å². The van der Waals surface area contributed by atoms with E-state index in [1.54, 1.807) is 17.0 Å². The molecule has 0 N–H and O–H groups in total. The molecule has 0 spiro atoms. The van der Waals surface area contributed by atoms with Crippen LogP contribution in [0.5, 0.6) is 0 Å². The van der Waals surface area contributed by atoms with Gasteiger partial charge in [0.1, 0.15) is 5.82 Å². The van der Waals surface area contributed by atoms with E-state index in [1.807, 2.05) is 0 Å². The molecule has 4 nitrogen and oxygen atoms in total. The number of rotatable bonds is 3. The number of hydrogen-bond donors (Lipinski definition) is 0. The molecule has 21 heavy (non-hydrogen) atoms. The lowest BCUT2D eigenvalue weighted by Gasteiger charge is -2.23. The summed E-state index contributed by atoms with van der Waals surface area (Å²) in [6, 6.07) is 6.16.